The van der Waals surface area contributed by atoms with Crippen molar-refractivity contribution >= 4 is 0 Å². The van der Waals surface area contributed by atoms with Crippen molar-refractivity contribution in [3.63, 3.8) is 0 Å². The first-order chi connectivity index (χ1) is 6.66. The monoisotopic (exact) mass is 193 g/mol. The van der Waals surface area contributed by atoms with E-state index in [2.05, 4.69) is 11.2 Å². The first kappa shape index (κ1) is 9.71. The van der Waals surface area contributed by atoms with Gasteiger partial charge in [0.05, 0.1) is 5.69 Å². The van der Waals surface area contributed by atoms with Gasteiger partial charge in [-0.2, -0.15) is 5.10 Å². The fourth-order valence-electron chi connectivity index (χ4n) is 2.44. The molecule has 0 radical (unpaired) electrons. The number of nitrogens with zero attached hydrogens (tertiary/aromatic N) is 2. The van der Waals surface area contributed by atoms with Gasteiger partial charge in [-0.25, -0.2) is 0 Å². The van der Waals surface area contributed by atoms with E-state index in [1.807, 2.05) is 18.7 Å². The molecule has 0 spiro atoms. The molecular weight excluding hydrogens is 174 g/mol. The van der Waals surface area contributed by atoms with E-state index in [1.54, 1.807) is 0 Å². The number of aryl methyl sites for hydroxylation is 2. The molecule has 3 heteroatoms. The molecule has 2 rings (SSSR count). The van der Waals surface area contributed by atoms with Gasteiger partial charge in [-0.05, 0) is 38.2 Å². The third kappa shape index (κ3) is 1.82. The summed E-state index contributed by atoms with van der Waals surface area (Å²) in [6.07, 6.45) is 4.87. The van der Waals surface area contributed by atoms with Crippen LogP contribution in [0.1, 0.15) is 30.7 Å². The summed E-state index contributed by atoms with van der Waals surface area (Å²) in [4.78, 5) is 0. The Bertz CT molecular complexity index is 316. The predicted molar refractivity (Wildman–Crippen MR) is 57.0 cm³/mol. The molecule has 0 aromatic carbocycles. The molecule has 1 fully saturated rings. The van der Waals surface area contributed by atoms with Crippen LogP contribution in [-0.4, -0.2) is 15.8 Å². The van der Waals surface area contributed by atoms with Crippen LogP contribution in [0.5, 0.6) is 0 Å². The fraction of sp³-hybridized carbons (Fsp3) is 0.727. The highest BCUT2D eigenvalue weighted by atomic mass is 15.3. The summed E-state index contributed by atoms with van der Waals surface area (Å²) in [5.41, 5.74) is 8.48. The van der Waals surface area contributed by atoms with Crippen LogP contribution in [-0.2, 0) is 13.5 Å². The molecule has 0 unspecified atom stereocenters. The Hall–Kier alpha value is -0.830. The van der Waals surface area contributed by atoms with Crippen LogP contribution < -0.4 is 5.73 Å². The maximum atomic E-state index is 6.05. The summed E-state index contributed by atoms with van der Waals surface area (Å²) in [6, 6.07) is 2.58. The van der Waals surface area contributed by atoms with Gasteiger partial charge < -0.3 is 5.73 Å². The SMILES string of the molecule is Cc1cc(C[C@@H]2CCC[C@@H]2N)n(C)n1. The van der Waals surface area contributed by atoms with Crippen molar-refractivity contribution in [3.8, 4) is 0 Å². The summed E-state index contributed by atoms with van der Waals surface area (Å²) in [7, 11) is 2.02. The summed E-state index contributed by atoms with van der Waals surface area (Å²) in [5.74, 6) is 0.671. The largest absolute Gasteiger partial charge is 0.327 e. The second-order valence-corrected chi connectivity index (χ2v) is 4.46. The molecule has 0 aliphatic heterocycles. The minimum Gasteiger partial charge on any atom is -0.327 e. The third-order valence-corrected chi connectivity index (χ3v) is 3.29. The first-order valence-corrected chi connectivity index (χ1v) is 5.42. The van der Waals surface area contributed by atoms with Crippen molar-refractivity contribution in [1.29, 1.82) is 0 Å². The molecule has 2 atom stereocenters. The molecule has 1 aliphatic carbocycles. The van der Waals surface area contributed by atoms with Crippen LogP contribution in [0.4, 0.5) is 0 Å². The second-order valence-electron chi connectivity index (χ2n) is 4.46. The van der Waals surface area contributed by atoms with Crippen molar-refractivity contribution in [1.82, 2.24) is 9.78 Å². The zero-order chi connectivity index (χ0) is 10.1. The Morgan fingerprint density at radius 2 is 2.36 bits per heavy atom. The van der Waals surface area contributed by atoms with Gasteiger partial charge in [0.1, 0.15) is 0 Å². The normalized spacial score (nSPS) is 27.1. The van der Waals surface area contributed by atoms with Crippen LogP contribution in [0.25, 0.3) is 0 Å². The predicted octanol–water partition coefficient (Wildman–Crippen LogP) is 1.40. The lowest BCUT2D eigenvalue weighted by atomic mass is 9.98. The van der Waals surface area contributed by atoms with Crippen LogP contribution in [0.2, 0.25) is 0 Å². The van der Waals surface area contributed by atoms with Gasteiger partial charge in [-0.1, -0.05) is 6.42 Å². The Labute approximate surface area is 85.3 Å². The van der Waals surface area contributed by atoms with Crippen molar-refractivity contribution < 1.29 is 0 Å². The summed E-state index contributed by atoms with van der Waals surface area (Å²) in [5, 5.41) is 4.35. The summed E-state index contributed by atoms with van der Waals surface area (Å²) >= 11 is 0. The zero-order valence-electron chi connectivity index (χ0n) is 9.03. The van der Waals surface area contributed by atoms with Crippen LogP contribution in [0.15, 0.2) is 6.07 Å². The Balaban J connectivity index is 2.06. The van der Waals surface area contributed by atoms with Gasteiger partial charge in [-0.15, -0.1) is 0 Å². The van der Waals surface area contributed by atoms with Crippen molar-refractivity contribution in [2.24, 2.45) is 18.7 Å². The molecule has 3 nitrogen and oxygen atoms in total. The highest BCUT2D eigenvalue weighted by Crippen LogP contribution is 2.27. The van der Waals surface area contributed by atoms with Crippen LogP contribution in [0.3, 0.4) is 0 Å². The highest BCUT2D eigenvalue weighted by Gasteiger charge is 2.24. The molecule has 1 saturated carbocycles. The summed E-state index contributed by atoms with van der Waals surface area (Å²) < 4.78 is 1.99. The van der Waals surface area contributed by atoms with Gasteiger partial charge in [0, 0.05) is 18.8 Å². The number of hydrogen-bond acceptors (Lipinski definition) is 2. The molecule has 1 aliphatic rings. The van der Waals surface area contributed by atoms with E-state index >= 15 is 0 Å². The molecular formula is C11H19N3. The number of rotatable bonds is 2. The van der Waals surface area contributed by atoms with Crippen LogP contribution >= 0.6 is 0 Å². The van der Waals surface area contributed by atoms with E-state index < -0.39 is 0 Å². The molecule has 1 heterocycles. The lowest BCUT2D eigenvalue weighted by Crippen LogP contribution is -2.26. The molecule has 0 saturated heterocycles. The number of hydrogen-bond donors (Lipinski definition) is 1. The number of nitrogens with two attached hydrogens (primary N) is 1. The van der Waals surface area contributed by atoms with E-state index in [0.29, 0.717) is 12.0 Å². The molecule has 1 aromatic heterocycles. The standard InChI is InChI=1S/C11H19N3/c1-8-6-10(14(2)13-8)7-9-4-3-5-11(9)12/h6,9,11H,3-5,7,12H2,1-2H3/t9-,11-/m0/s1. The van der Waals surface area contributed by atoms with E-state index in [1.165, 1.54) is 25.0 Å². The van der Waals surface area contributed by atoms with E-state index in [0.717, 1.165) is 12.1 Å². The van der Waals surface area contributed by atoms with Gasteiger partial charge in [0.25, 0.3) is 0 Å². The van der Waals surface area contributed by atoms with Crippen molar-refractivity contribution in [2.75, 3.05) is 0 Å². The molecule has 0 amide bonds. The topological polar surface area (TPSA) is 43.8 Å². The minimum absolute atomic E-state index is 0.408. The van der Waals surface area contributed by atoms with Crippen molar-refractivity contribution in [2.45, 2.75) is 38.6 Å². The Morgan fingerprint density at radius 3 is 2.86 bits per heavy atom. The maximum absolute atomic E-state index is 6.05. The van der Waals surface area contributed by atoms with Gasteiger partial charge in [-0.3, -0.25) is 4.68 Å². The van der Waals surface area contributed by atoms with E-state index in [4.69, 9.17) is 5.73 Å². The minimum atomic E-state index is 0.408. The molecule has 14 heavy (non-hydrogen) atoms. The first-order valence-electron chi connectivity index (χ1n) is 5.42. The molecule has 2 N–H and O–H groups in total. The summed E-state index contributed by atoms with van der Waals surface area (Å²) in [6.45, 7) is 2.04. The number of aromatic nitrogens is 2. The fourth-order valence-corrected chi connectivity index (χ4v) is 2.44. The quantitative estimate of drug-likeness (QED) is 0.771. The third-order valence-electron chi connectivity index (χ3n) is 3.29. The molecule has 0 bridgehead atoms. The average molecular weight is 193 g/mol. The van der Waals surface area contributed by atoms with Gasteiger partial charge in [0.2, 0.25) is 0 Å². The molecule has 1 aromatic rings. The Morgan fingerprint density at radius 1 is 1.57 bits per heavy atom. The van der Waals surface area contributed by atoms with Gasteiger partial charge in [0.15, 0.2) is 0 Å². The molecule has 78 valence electrons. The van der Waals surface area contributed by atoms with Gasteiger partial charge >= 0.3 is 0 Å². The lowest BCUT2D eigenvalue weighted by molar-refractivity contribution is 0.463. The second kappa shape index (κ2) is 3.73. The average Bonchev–Trinajstić information content (AvgIpc) is 2.62. The lowest BCUT2D eigenvalue weighted by Gasteiger charge is -2.14. The highest BCUT2D eigenvalue weighted by molar-refractivity contribution is 5.10. The van der Waals surface area contributed by atoms with Crippen LogP contribution in [0, 0.1) is 12.8 Å². The maximum Gasteiger partial charge on any atom is 0.0596 e. The Kier molecular flexibility index (Phi) is 2.59. The van der Waals surface area contributed by atoms with E-state index in [9.17, 15) is 0 Å². The smallest absolute Gasteiger partial charge is 0.0596 e. The van der Waals surface area contributed by atoms with Crippen molar-refractivity contribution in [3.05, 3.63) is 17.5 Å². The zero-order valence-corrected chi connectivity index (χ0v) is 9.03. The van der Waals surface area contributed by atoms with E-state index in [-0.39, 0.29) is 0 Å².